The summed E-state index contributed by atoms with van der Waals surface area (Å²) in [5.41, 5.74) is 1.11. The molecule has 18 heavy (non-hydrogen) atoms. The molecular formula is C13H15N3OS. The van der Waals surface area contributed by atoms with E-state index in [4.69, 9.17) is 0 Å². The van der Waals surface area contributed by atoms with Gasteiger partial charge in [-0.2, -0.15) is 0 Å². The minimum atomic E-state index is 0.00718. The van der Waals surface area contributed by atoms with Crippen LogP contribution < -0.4 is 5.32 Å². The van der Waals surface area contributed by atoms with Crippen LogP contribution in [0.4, 0.5) is 0 Å². The number of thioether (sulfide) groups is 1. The van der Waals surface area contributed by atoms with Crippen molar-refractivity contribution in [3.05, 3.63) is 48.3 Å². The molecule has 0 saturated carbocycles. The van der Waals surface area contributed by atoms with E-state index in [9.17, 15) is 4.79 Å². The highest BCUT2D eigenvalue weighted by molar-refractivity contribution is 7.99. The molecular weight excluding hydrogens is 246 g/mol. The van der Waals surface area contributed by atoms with E-state index in [0.29, 0.717) is 5.75 Å². The first-order valence-electron chi connectivity index (χ1n) is 5.72. The molecule has 1 aromatic heterocycles. The Kier molecular flexibility index (Phi) is 4.41. The zero-order chi connectivity index (χ0) is 12.8. The molecule has 2 aromatic rings. The number of benzene rings is 1. The van der Waals surface area contributed by atoms with Crippen LogP contribution in [0.1, 0.15) is 18.5 Å². The van der Waals surface area contributed by atoms with Crippen molar-refractivity contribution in [3.63, 3.8) is 0 Å². The van der Waals surface area contributed by atoms with Crippen LogP contribution in [0.3, 0.4) is 0 Å². The van der Waals surface area contributed by atoms with Crippen molar-refractivity contribution in [2.24, 2.45) is 0 Å². The maximum Gasteiger partial charge on any atom is 0.230 e. The van der Waals surface area contributed by atoms with Gasteiger partial charge in [0.2, 0.25) is 5.91 Å². The summed E-state index contributed by atoms with van der Waals surface area (Å²) >= 11 is 1.39. The van der Waals surface area contributed by atoms with E-state index in [1.807, 2.05) is 37.3 Å². The van der Waals surface area contributed by atoms with Gasteiger partial charge in [0.25, 0.3) is 0 Å². The van der Waals surface area contributed by atoms with Crippen LogP contribution in [-0.4, -0.2) is 21.6 Å². The van der Waals surface area contributed by atoms with Crippen LogP contribution in [0.2, 0.25) is 0 Å². The number of aromatic nitrogens is 2. The zero-order valence-corrected chi connectivity index (χ0v) is 10.9. The predicted molar refractivity (Wildman–Crippen MR) is 72.3 cm³/mol. The molecule has 0 aliphatic heterocycles. The maximum absolute atomic E-state index is 11.7. The highest BCUT2D eigenvalue weighted by Gasteiger charge is 2.09. The van der Waals surface area contributed by atoms with Crippen LogP contribution in [0, 0.1) is 0 Å². The maximum atomic E-state index is 11.7. The van der Waals surface area contributed by atoms with Gasteiger partial charge in [-0.3, -0.25) is 4.79 Å². The van der Waals surface area contributed by atoms with Gasteiger partial charge in [0.05, 0.1) is 11.8 Å². The van der Waals surface area contributed by atoms with E-state index in [2.05, 4.69) is 15.3 Å². The third-order valence-electron chi connectivity index (χ3n) is 2.49. The molecule has 1 amide bonds. The molecule has 2 N–H and O–H groups in total. The van der Waals surface area contributed by atoms with Gasteiger partial charge in [0, 0.05) is 12.4 Å². The molecule has 0 bridgehead atoms. The number of carbonyl (C=O) groups excluding carboxylic acids is 1. The summed E-state index contributed by atoms with van der Waals surface area (Å²) in [6.07, 6.45) is 3.42. The lowest BCUT2D eigenvalue weighted by molar-refractivity contribution is -0.119. The molecule has 5 heteroatoms. The number of amides is 1. The Balaban J connectivity index is 1.80. The van der Waals surface area contributed by atoms with Crippen molar-refractivity contribution in [2.75, 3.05) is 5.75 Å². The number of H-pyrrole nitrogens is 1. The summed E-state index contributed by atoms with van der Waals surface area (Å²) in [6.45, 7) is 1.98. The Morgan fingerprint density at radius 1 is 1.44 bits per heavy atom. The summed E-state index contributed by atoms with van der Waals surface area (Å²) in [7, 11) is 0. The summed E-state index contributed by atoms with van der Waals surface area (Å²) in [4.78, 5) is 18.8. The van der Waals surface area contributed by atoms with Gasteiger partial charge in [-0.15, -0.1) is 0 Å². The summed E-state index contributed by atoms with van der Waals surface area (Å²) in [5.74, 6) is 0.373. The van der Waals surface area contributed by atoms with E-state index in [1.54, 1.807) is 12.4 Å². The quantitative estimate of drug-likeness (QED) is 0.812. The highest BCUT2D eigenvalue weighted by Crippen LogP contribution is 2.14. The van der Waals surface area contributed by atoms with Gasteiger partial charge in [-0.05, 0) is 12.5 Å². The van der Waals surface area contributed by atoms with Gasteiger partial charge < -0.3 is 10.3 Å². The Hall–Kier alpha value is -1.75. The summed E-state index contributed by atoms with van der Waals surface area (Å²) in [6, 6.07) is 9.93. The van der Waals surface area contributed by atoms with Crippen molar-refractivity contribution >= 4 is 17.7 Å². The third kappa shape index (κ3) is 3.63. The van der Waals surface area contributed by atoms with Crippen LogP contribution in [-0.2, 0) is 4.79 Å². The van der Waals surface area contributed by atoms with Gasteiger partial charge in [-0.25, -0.2) is 4.98 Å². The van der Waals surface area contributed by atoms with Gasteiger partial charge in [0.15, 0.2) is 5.16 Å². The van der Waals surface area contributed by atoms with E-state index in [1.165, 1.54) is 11.8 Å². The fraction of sp³-hybridized carbons (Fsp3) is 0.231. The fourth-order valence-corrected chi connectivity index (χ4v) is 2.21. The Morgan fingerprint density at radius 3 is 2.89 bits per heavy atom. The summed E-state index contributed by atoms with van der Waals surface area (Å²) in [5, 5.41) is 3.72. The van der Waals surface area contributed by atoms with Gasteiger partial charge in [0.1, 0.15) is 0 Å². The fourth-order valence-electron chi connectivity index (χ4n) is 1.57. The normalized spacial score (nSPS) is 12.1. The molecule has 0 fully saturated rings. The lowest BCUT2D eigenvalue weighted by Crippen LogP contribution is -2.28. The summed E-state index contributed by atoms with van der Waals surface area (Å²) < 4.78 is 0. The second-order valence-electron chi connectivity index (χ2n) is 3.88. The lowest BCUT2D eigenvalue weighted by Gasteiger charge is -2.13. The average Bonchev–Trinajstić information content (AvgIpc) is 2.90. The number of aromatic amines is 1. The van der Waals surface area contributed by atoms with Crippen molar-refractivity contribution in [3.8, 4) is 0 Å². The standard InChI is InChI=1S/C13H15N3OS/c1-10(11-5-3-2-4-6-11)16-12(17)9-18-13-14-7-8-15-13/h2-8,10H,9H2,1H3,(H,14,15)(H,16,17). The molecule has 1 aromatic carbocycles. The van der Waals surface area contributed by atoms with Crippen molar-refractivity contribution in [1.82, 2.24) is 15.3 Å². The van der Waals surface area contributed by atoms with Crippen LogP contribution in [0.5, 0.6) is 0 Å². The van der Waals surface area contributed by atoms with Crippen LogP contribution in [0.15, 0.2) is 47.9 Å². The molecule has 0 radical (unpaired) electrons. The average molecular weight is 261 g/mol. The molecule has 0 aliphatic rings. The Labute approximate surface area is 110 Å². The van der Waals surface area contributed by atoms with Gasteiger partial charge >= 0.3 is 0 Å². The van der Waals surface area contributed by atoms with Crippen molar-refractivity contribution in [2.45, 2.75) is 18.1 Å². The van der Waals surface area contributed by atoms with Gasteiger partial charge in [-0.1, -0.05) is 42.1 Å². The second-order valence-corrected chi connectivity index (χ2v) is 4.85. The molecule has 4 nitrogen and oxygen atoms in total. The van der Waals surface area contributed by atoms with Crippen molar-refractivity contribution in [1.29, 1.82) is 0 Å². The number of carbonyl (C=O) groups is 1. The number of imidazole rings is 1. The molecule has 1 unspecified atom stereocenters. The Bertz CT molecular complexity index is 484. The molecule has 2 rings (SSSR count). The molecule has 94 valence electrons. The molecule has 0 saturated heterocycles. The third-order valence-corrected chi connectivity index (χ3v) is 3.39. The van der Waals surface area contributed by atoms with Crippen molar-refractivity contribution < 1.29 is 4.79 Å². The number of rotatable bonds is 5. The first-order chi connectivity index (χ1) is 8.75. The van der Waals surface area contributed by atoms with E-state index in [-0.39, 0.29) is 11.9 Å². The smallest absolute Gasteiger partial charge is 0.230 e. The number of nitrogens with zero attached hydrogens (tertiary/aromatic N) is 1. The predicted octanol–water partition coefficient (Wildman–Crippen LogP) is 2.38. The number of hydrogen-bond donors (Lipinski definition) is 2. The Morgan fingerprint density at radius 2 is 2.22 bits per heavy atom. The van der Waals surface area contributed by atoms with E-state index < -0.39 is 0 Å². The first kappa shape index (κ1) is 12.7. The number of hydrogen-bond acceptors (Lipinski definition) is 3. The second kappa shape index (κ2) is 6.26. The molecule has 1 atom stereocenters. The molecule has 0 spiro atoms. The highest BCUT2D eigenvalue weighted by atomic mass is 32.2. The minimum absolute atomic E-state index is 0.00718. The zero-order valence-electron chi connectivity index (χ0n) is 10.1. The molecule has 1 heterocycles. The SMILES string of the molecule is CC(NC(=O)CSc1ncc[nH]1)c1ccccc1. The van der Waals surface area contributed by atoms with E-state index >= 15 is 0 Å². The minimum Gasteiger partial charge on any atom is -0.349 e. The lowest BCUT2D eigenvalue weighted by atomic mass is 10.1. The first-order valence-corrected chi connectivity index (χ1v) is 6.71. The topological polar surface area (TPSA) is 57.8 Å². The largest absolute Gasteiger partial charge is 0.349 e. The monoisotopic (exact) mass is 261 g/mol. The van der Waals surface area contributed by atoms with Crippen LogP contribution >= 0.6 is 11.8 Å². The van der Waals surface area contributed by atoms with Crippen LogP contribution in [0.25, 0.3) is 0 Å². The van der Waals surface area contributed by atoms with E-state index in [0.717, 1.165) is 10.7 Å². The number of nitrogens with one attached hydrogen (secondary N) is 2. The molecule has 0 aliphatic carbocycles.